The van der Waals surface area contributed by atoms with Crippen LogP contribution >= 0.6 is 0 Å². The molecule has 1 saturated heterocycles. The molecule has 2 heterocycles. The summed E-state index contributed by atoms with van der Waals surface area (Å²) >= 11 is 0. The summed E-state index contributed by atoms with van der Waals surface area (Å²) in [6.45, 7) is 1.66. The molecule has 1 aromatic rings. The number of aromatic hydroxyl groups is 1. The molecule has 0 radical (unpaired) electrons. The number of carbonyl (C=O) groups is 1. The number of rotatable bonds is 3. The van der Waals surface area contributed by atoms with Crippen molar-refractivity contribution in [3.63, 3.8) is 0 Å². The maximum atomic E-state index is 12.0. The third-order valence-corrected chi connectivity index (χ3v) is 2.99. The molecule has 92 valence electrons. The van der Waals surface area contributed by atoms with E-state index < -0.39 is 0 Å². The molecular weight excluding hydrogens is 218 g/mol. The van der Waals surface area contributed by atoms with Gasteiger partial charge in [-0.3, -0.25) is 4.79 Å². The second-order valence-electron chi connectivity index (χ2n) is 4.35. The molecular formula is C12H17N3O2. The molecule has 1 fully saturated rings. The van der Waals surface area contributed by atoms with E-state index in [1.54, 1.807) is 18.0 Å². The van der Waals surface area contributed by atoms with Gasteiger partial charge in [0.25, 0.3) is 5.91 Å². The lowest BCUT2D eigenvalue weighted by Crippen LogP contribution is -2.38. The number of pyridine rings is 1. The summed E-state index contributed by atoms with van der Waals surface area (Å²) in [5.41, 5.74) is 0.119. The summed E-state index contributed by atoms with van der Waals surface area (Å²) in [5.74, 6) is -0.305. The van der Waals surface area contributed by atoms with Crippen LogP contribution in [0, 0.1) is 0 Å². The van der Waals surface area contributed by atoms with Crippen molar-refractivity contribution >= 4 is 5.91 Å². The van der Waals surface area contributed by atoms with E-state index in [1.807, 2.05) is 0 Å². The van der Waals surface area contributed by atoms with Gasteiger partial charge in [-0.2, -0.15) is 0 Å². The topological polar surface area (TPSA) is 65.5 Å². The highest BCUT2D eigenvalue weighted by Gasteiger charge is 2.21. The lowest BCUT2D eigenvalue weighted by molar-refractivity contribution is 0.0774. The molecule has 1 atom stereocenters. The molecule has 1 aliphatic heterocycles. The zero-order valence-corrected chi connectivity index (χ0v) is 9.89. The maximum absolute atomic E-state index is 12.0. The number of aromatic nitrogens is 1. The van der Waals surface area contributed by atoms with Gasteiger partial charge in [-0.05, 0) is 31.5 Å². The summed E-state index contributed by atoms with van der Waals surface area (Å²) in [5, 5.41) is 12.9. The standard InChI is InChI=1S/C12H17N3O2/c1-15(8-9-4-2-6-13-9)12(17)11-10(16)5-3-7-14-11/h3,5,7,9,13,16H,2,4,6,8H2,1H3. The number of hydrogen-bond acceptors (Lipinski definition) is 4. The molecule has 0 saturated carbocycles. The van der Waals surface area contributed by atoms with E-state index in [9.17, 15) is 9.90 Å². The smallest absolute Gasteiger partial charge is 0.276 e. The van der Waals surface area contributed by atoms with Crippen LogP contribution in [0.1, 0.15) is 23.3 Å². The van der Waals surface area contributed by atoms with Gasteiger partial charge in [-0.25, -0.2) is 4.98 Å². The average molecular weight is 235 g/mol. The summed E-state index contributed by atoms with van der Waals surface area (Å²) in [7, 11) is 1.73. The van der Waals surface area contributed by atoms with Gasteiger partial charge in [-0.1, -0.05) is 0 Å². The summed E-state index contributed by atoms with van der Waals surface area (Å²) in [6, 6.07) is 3.43. The minimum atomic E-state index is -0.239. The van der Waals surface area contributed by atoms with Crippen LogP contribution in [-0.2, 0) is 0 Å². The van der Waals surface area contributed by atoms with Crippen LogP contribution in [0.3, 0.4) is 0 Å². The maximum Gasteiger partial charge on any atom is 0.276 e. The first-order valence-electron chi connectivity index (χ1n) is 5.81. The van der Waals surface area contributed by atoms with Gasteiger partial charge >= 0.3 is 0 Å². The van der Waals surface area contributed by atoms with Gasteiger partial charge in [0.2, 0.25) is 0 Å². The molecule has 2 N–H and O–H groups in total. The Labute approximate surface area is 100 Å². The zero-order valence-electron chi connectivity index (χ0n) is 9.89. The zero-order chi connectivity index (χ0) is 12.3. The number of hydrogen-bond donors (Lipinski definition) is 2. The highest BCUT2D eigenvalue weighted by molar-refractivity contribution is 5.94. The molecule has 17 heavy (non-hydrogen) atoms. The molecule has 1 unspecified atom stereocenters. The minimum Gasteiger partial charge on any atom is -0.505 e. The number of nitrogens with one attached hydrogen (secondary N) is 1. The highest BCUT2D eigenvalue weighted by Crippen LogP contribution is 2.15. The van der Waals surface area contributed by atoms with Crippen LogP contribution in [0.4, 0.5) is 0 Å². The predicted molar refractivity (Wildman–Crippen MR) is 63.9 cm³/mol. The molecule has 2 rings (SSSR count). The van der Waals surface area contributed by atoms with Crippen molar-refractivity contribution < 1.29 is 9.90 Å². The van der Waals surface area contributed by atoms with Gasteiger partial charge in [0.1, 0.15) is 5.75 Å². The normalized spacial score (nSPS) is 19.2. The molecule has 1 aromatic heterocycles. The van der Waals surface area contributed by atoms with E-state index in [2.05, 4.69) is 10.3 Å². The third-order valence-electron chi connectivity index (χ3n) is 2.99. The summed E-state index contributed by atoms with van der Waals surface area (Å²) in [6.07, 6.45) is 3.75. The largest absolute Gasteiger partial charge is 0.505 e. The Hall–Kier alpha value is -1.62. The number of nitrogens with zero attached hydrogens (tertiary/aromatic N) is 2. The van der Waals surface area contributed by atoms with Crippen LogP contribution in [0.2, 0.25) is 0 Å². The van der Waals surface area contributed by atoms with E-state index in [4.69, 9.17) is 0 Å². The van der Waals surface area contributed by atoms with Crippen molar-refractivity contribution in [3.05, 3.63) is 24.0 Å². The SMILES string of the molecule is CN(CC1CCCN1)C(=O)c1ncccc1O. The van der Waals surface area contributed by atoms with Gasteiger partial charge in [0.05, 0.1) is 0 Å². The van der Waals surface area contributed by atoms with Crippen LogP contribution in [0.25, 0.3) is 0 Å². The molecule has 0 aliphatic carbocycles. The first kappa shape index (κ1) is 11.9. The predicted octanol–water partition coefficient (Wildman–Crippen LogP) is 0.611. The Kier molecular flexibility index (Phi) is 3.58. The molecule has 5 nitrogen and oxygen atoms in total. The van der Waals surface area contributed by atoms with E-state index >= 15 is 0 Å². The quantitative estimate of drug-likeness (QED) is 0.805. The van der Waals surface area contributed by atoms with Crippen molar-refractivity contribution in [2.45, 2.75) is 18.9 Å². The van der Waals surface area contributed by atoms with Crippen LogP contribution in [-0.4, -0.2) is 47.1 Å². The van der Waals surface area contributed by atoms with Crippen molar-refractivity contribution in [1.82, 2.24) is 15.2 Å². The fraction of sp³-hybridized carbons (Fsp3) is 0.500. The van der Waals surface area contributed by atoms with E-state index in [1.165, 1.54) is 12.3 Å². The summed E-state index contributed by atoms with van der Waals surface area (Å²) in [4.78, 5) is 17.5. The second-order valence-corrected chi connectivity index (χ2v) is 4.35. The summed E-state index contributed by atoms with van der Waals surface area (Å²) < 4.78 is 0. The average Bonchev–Trinajstić information content (AvgIpc) is 2.81. The number of amides is 1. The Morgan fingerprint density at radius 3 is 3.18 bits per heavy atom. The fourth-order valence-corrected chi connectivity index (χ4v) is 2.07. The van der Waals surface area contributed by atoms with Crippen molar-refractivity contribution in [1.29, 1.82) is 0 Å². The van der Waals surface area contributed by atoms with E-state index in [0.29, 0.717) is 12.6 Å². The van der Waals surface area contributed by atoms with Gasteiger partial charge in [-0.15, -0.1) is 0 Å². The van der Waals surface area contributed by atoms with Crippen LogP contribution in [0.5, 0.6) is 5.75 Å². The Balaban J connectivity index is 2.01. The second kappa shape index (κ2) is 5.14. The van der Waals surface area contributed by atoms with Crippen molar-refractivity contribution in [2.24, 2.45) is 0 Å². The molecule has 1 amide bonds. The van der Waals surface area contributed by atoms with Gasteiger partial charge in [0.15, 0.2) is 5.69 Å². The fourth-order valence-electron chi connectivity index (χ4n) is 2.07. The number of likely N-dealkylation sites (N-methyl/N-ethyl adjacent to an activating group) is 1. The molecule has 5 heteroatoms. The van der Waals surface area contributed by atoms with Crippen molar-refractivity contribution in [2.75, 3.05) is 20.1 Å². The highest BCUT2D eigenvalue weighted by atomic mass is 16.3. The Morgan fingerprint density at radius 1 is 1.71 bits per heavy atom. The van der Waals surface area contributed by atoms with E-state index in [0.717, 1.165) is 19.4 Å². The molecule has 0 aromatic carbocycles. The number of carbonyl (C=O) groups excluding carboxylic acids is 1. The monoisotopic (exact) mass is 235 g/mol. The Morgan fingerprint density at radius 2 is 2.53 bits per heavy atom. The third kappa shape index (κ3) is 2.74. The first-order chi connectivity index (χ1) is 8.18. The van der Waals surface area contributed by atoms with Gasteiger partial charge < -0.3 is 15.3 Å². The lowest BCUT2D eigenvalue weighted by atomic mass is 10.2. The first-order valence-corrected chi connectivity index (χ1v) is 5.81. The van der Waals surface area contributed by atoms with E-state index in [-0.39, 0.29) is 17.4 Å². The minimum absolute atomic E-state index is 0.0660. The molecule has 0 spiro atoms. The lowest BCUT2D eigenvalue weighted by Gasteiger charge is -2.21. The van der Waals surface area contributed by atoms with Gasteiger partial charge in [0, 0.05) is 25.8 Å². The molecule has 0 bridgehead atoms. The Bertz CT molecular complexity index is 402. The van der Waals surface area contributed by atoms with Crippen LogP contribution in [0.15, 0.2) is 18.3 Å². The molecule has 1 aliphatic rings. The van der Waals surface area contributed by atoms with Crippen LogP contribution < -0.4 is 5.32 Å². The van der Waals surface area contributed by atoms with Crippen molar-refractivity contribution in [3.8, 4) is 5.75 Å².